The number of ether oxygens (including phenoxy) is 1. The average molecular weight is 427 g/mol. The Morgan fingerprint density at radius 1 is 1.13 bits per heavy atom. The van der Waals surface area contributed by atoms with Crippen molar-refractivity contribution >= 4 is 17.4 Å². The summed E-state index contributed by atoms with van der Waals surface area (Å²) in [4.78, 5) is 22.5. The molecule has 0 atom stereocenters. The molecule has 2 aromatic rings. The Kier molecular flexibility index (Phi) is 8.46. The molecule has 1 aromatic heterocycles. The summed E-state index contributed by atoms with van der Waals surface area (Å²) in [7, 11) is 0. The maximum absolute atomic E-state index is 11.2. The molecule has 0 unspecified atom stereocenters. The van der Waals surface area contributed by atoms with Gasteiger partial charge in [0.15, 0.2) is 5.82 Å². The number of nitrogens with one attached hydrogen (secondary N) is 1. The highest BCUT2D eigenvalue weighted by Crippen LogP contribution is 2.25. The van der Waals surface area contributed by atoms with E-state index in [1.165, 1.54) is 37.1 Å². The minimum Gasteiger partial charge on any atom is -0.463 e. The number of anilines is 2. The number of carbonyl (C=O) groups is 1. The summed E-state index contributed by atoms with van der Waals surface area (Å²) in [5.41, 5.74) is 15.2. The predicted molar refractivity (Wildman–Crippen MR) is 123 cm³/mol. The quantitative estimate of drug-likeness (QED) is 0.446. The number of nitrogen functional groups attached to an aromatic ring is 1. The van der Waals surface area contributed by atoms with E-state index in [9.17, 15) is 4.79 Å². The average Bonchev–Trinajstić information content (AvgIpc) is 3.25. The number of carbonyl (C=O) groups excluding carboxylic acids is 1. The van der Waals surface area contributed by atoms with Gasteiger partial charge in [-0.15, -0.1) is 0 Å². The normalized spacial score (nSPS) is 14.0. The fraction of sp³-hybridized carbons (Fsp3) is 0.522. The van der Waals surface area contributed by atoms with E-state index >= 15 is 0 Å². The van der Waals surface area contributed by atoms with Crippen molar-refractivity contribution in [1.29, 1.82) is 0 Å². The Bertz CT molecular complexity index is 850. The number of likely N-dealkylation sites (tertiary alicyclic amines) is 1. The SMILES string of the molecule is CCCCOc1nc(N)c(NCC(N)=O)c(CCc2ccc(CN3CCCC3)cc2)n1. The molecule has 8 nitrogen and oxygen atoms in total. The zero-order chi connectivity index (χ0) is 22.1. The molecule has 0 saturated carbocycles. The Balaban J connectivity index is 1.67. The predicted octanol–water partition coefficient (Wildman–Crippen LogP) is 2.52. The summed E-state index contributed by atoms with van der Waals surface area (Å²) >= 11 is 0. The van der Waals surface area contributed by atoms with Crippen LogP contribution in [0.15, 0.2) is 24.3 Å². The molecule has 1 aliphatic heterocycles. The van der Waals surface area contributed by atoms with Gasteiger partial charge in [-0.1, -0.05) is 37.6 Å². The van der Waals surface area contributed by atoms with Crippen molar-refractivity contribution < 1.29 is 9.53 Å². The van der Waals surface area contributed by atoms with Gasteiger partial charge >= 0.3 is 6.01 Å². The van der Waals surface area contributed by atoms with Crippen LogP contribution in [-0.4, -0.2) is 47.0 Å². The zero-order valence-electron chi connectivity index (χ0n) is 18.4. The molecule has 1 fully saturated rings. The molecule has 1 amide bonds. The van der Waals surface area contributed by atoms with Gasteiger partial charge in [0.1, 0.15) is 0 Å². The van der Waals surface area contributed by atoms with Crippen LogP contribution in [0.2, 0.25) is 0 Å². The fourth-order valence-electron chi connectivity index (χ4n) is 3.70. The number of nitrogens with two attached hydrogens (primary N) is 2. The molecule has 3 rings (SSSR count). The first kappa shape index (κ1) is 22.8. The lowest BCUT2D eigenvalue weighted by molar-refractivity contribution is -0.116. The molecule has 0 spiro atoms. The molecule has 2 heterocycles. The Hall–Kier alpha value is -2.87. The van der Waals surface area contributed by atoms with Crippen LogP contribution in [0.1, 0.15) is 49.4 Å². The molecule has 0 bridgehead atoms. The lowest BCUT2D eigenvalue weighted by Gasteiger charge is -2.15. The van der Waals surface area contributed by atoms with Crippen molar-refractivity contribution in [3.05, 3.63) is 41.1 Å². The van der Waals surface area contributed by atoms with Gasteiger partial charge in [-0.05, 0) is 56.3 Å². The molecule has 5 N–H and O–H groups in total. The van der Waals surface area contributed by atoms with Crippen molar-refractivity contribution in [2.24, 2.45) is 5.73 Å². The Morgan fingerprint density at radius 3 is 2.52 bits per heavy atom. The van der Waals surface area contributed by atoms with Crippen molar-refractivity contribution in [1.82, 2.24) is 14.9 Å². The number of benzene rings is 1. The maximum atomic E-state index is 11.2. The maximum Gasteiger partial charge on any atom is 0.318 e. The third kappa shape index (κ3) is 7.10. The number of aromatic nitrogens is 2. The summed E-state index contributed by atoms with van der Waals surface area (Å²) in [6.45, 7) is 6.02. The third-order valence-corrected chi connectivity index (χ3v) is 5.44. The number of hydrogen-bond donors (Lipinski definition) is 3. The lowest BCUT2D eigenvalue weighted by Crippen LogP contribution is -2.23. The molecule has 1 aromatic carbocycles. The van der Waals surface area contributed by atoms with E-state index in [-0.39, 0.29) is 18.4 Å². The van der Waals surface area contributed by atoms with Crippen LogP contribution in [0.3, 0.4) is 0 Å². The molecule has 168 valence electrons. The molecule has 0 radical (unpaired) electrons. The second-order valence-corrected chi connectivity index (χ2v) is 8.03. The van der Waals surface area contributed by atoms with Gasteiger partial charge in [0.25, 0.3) is 0 Å². The van der Waals surface area contributed by atoms with E-state index in [2.05, 4.69) is 51.4 Å². The van der Waals surface area contributed by atoms with Crippen molar-refractivity contribution in [3.8, 4) is 6.01 Å². The van der Waals surface area contributed by atoms with E-state index in [1.54, 1.807) is 0 Å². The summed E-state index contributed by atoms with van der Waals surface area (Å²) in [5.74, 6) is -0.207. The minimum absolute atomic E-state index is 0.0260. The molecular weight excluding hydrogens is 392 g/mol. The van der Waals surface area contributed by atoms with Crippen LogP contribution in [0.5, 0.6) is 6.01 Å². The highest BCUT2D eigenvalue weighted by molar-refractivity contribution is 5.80. The molecule has 1 aliphatic rings. The van der Waals surface area contributed by atoms with Gasteiger partial charge in [0, 0.05) is 6.54 Å². The highest BCUT2D eigenvalue weighted by Gasteiger charge is 2.15. The number of hydrogen-bond acceptors (Lipinski definition) is 7. The van der Waals surface area contributed by atoms with Crippen LogP contribution in [0.25, 0.3) is 0 Å². The number of amides is 1. The molecule has 31 heavy (non-hydrogen) atoms. The second-order valence-electron chi connectivity index (χ2n) is 8.03. The van der Waals surface area contributed by atoms with E-state index < -0.39 is 5.91 Å². The highest BCUT2D eigenvalue weighted by atomic mass is 16.5. The van der Waals surface area contributed by atoms with Crippen molar-refractivity contribution in [2.75, 3.05) is 37.3 Å². The van der Waals surface area contributed by atoms with Gasteiger partial charge in [-0.25, -0.2) is 0 Å². The van der Waals surface area contributed by atoms with Gasteiger partial charge in [-0.2, -0.15) is 9.97 Å². The van der Waals surface area contributed by atoms with Crippen LogP contribution in [-0.2, 0) is 24.2 Å². The van der Waals surface area contributed by atoms with Crippen molar-refractivity contribution in [3.63, 3.8) is 0 Å². The van der Waals surface area contributed by atoms with E-state index in [1.807, 2.05) is 0 Å². The van der Waals surface area contributed by atoms with Gasteiger partial charge in [0.2, 0.25) is 5.91 Å². The molecular formula is C23H34N6O2. The largest absolute Gasteiger partial charge is 0.463 e. The van der Waals surface area contributed by atoms with E-state index in [0.717, 1.165) is 31.5 Å². The molecule has 0 aliphatic carbocycles. The third-order valence-electron chi connectivity index (χ3n) is 5.44. The summed E-state index contributed by atoms with van der Waals surface area (Å²) < 4.78 is 5.65. The fourth-order valence-corrected chi connectivity index (χ4v) is 3.70. The van der Waals surface area contributed by atoms with Gasteiger partial charge < -0.3 is 21.5 Å². The number of aryl methyl sites for hydroxylation is 2. The Labute approximate surface area is 184 Å². The first-order valence-electron chi connectivity index (χ1n) is 11.2. The Morgan fingerprint density at radius 2 is 1.84 bits per heavy atom. The van der Waals surface area contributed by atoms with Gasteiger partial charge in [-0.3, -0.25) is 9.69 Å². The first-order chi connectivity index (χ1) is 15.0. The van der Waals surface area contributed by atoms with Crippen LogP contribution < -0.4 is 21.5 Å². The van der Waals surface area contributed by atoms with Crippen LogP contribution >= 0.6 is 0 Å². The zero-order valence-corrected chi connectivity index (χ0v) is 18.4. The second kappa shape index (κ2) is 11.5. The van der Waals surface area contributed by atoms with Crippen molar-refractivity contribution in [2.45, 2.75) is 52.0 Å². The number of rotatable bonds is 12. The lowest BCUT2D eigenvalue weighted by atomic mass is 10.0. The first-order valence-corrected chi connectivity index (χ1v) is 11.2. The van der Waals surface area contributed by atoms with Crippen LogP contribution in [0, 0.1) is 0 Å². The molecule has 8 heteroatoms. The van der Waals surface area contributed by atoms with Crippen LogP contribution in [0.4, 0.5) is 11.5 Å². The number of primary amides is 1. The monoisotopic (exact) mass is 426 g/mol. The minimum atomic E-state index is -0.470. The topological polar surface area (TPSA) is 119 Å². The number of nitrogens with zero attached hydrogens (tertiary/aromatic N) is 3. The van der Waals surface area contributed by atoms with E-state index in [0.29, 0.717) is 18.7 Å². The number of unbranched alkanes of at least 4 members (excludes halogenated alkanes) is 1. The van der Waals surface area contributed by atoms with E-state index in [4.69, 9.17) is 16.2 Å². The summed E-state index contributed by atoms with van der Waals surface area (Å²) in [6.07, 6.45) is 5.98. The molecule has 1 saturated heterocycles. The smallest absolute Gasteiger partial charge is 0.318 e. The standard InChI is InChI=1S/C23H34N6O2/c1-2-3-14-31-23-27-19(21(22(25)28-23)26-15-20(24)30)11-10-17-6-8-18(9-7-17)16-29-12-4-5-13-29/h6-9,26H,2-5,10-16H2,1H3,(H2,24,30)(H2,25,27,28). The van der Waals surface area contributed by atoms with Gasteiger partial charge in [0.05, 0.1) is 24.5 Å². The summed E-state index contributed by atoms with van der Waals surface area (Å²) in [6, 6.07) is 9.02. The summed E-state index contributed by atoms with van der Waals surface area (Å²) in [5, 5.41) is 2.98.